The van der Waals surface area contributed by atoms with E-state index in [1.807, 2.05) is 6.92 Å². The molecule has 0 aromatic rings. The molecule has 1 aliphatic heterocycles. The average molecular weight is 269 g/mol. The van der Waals surface area contributed by atoms with Crippen molar-refractivity contribution in [1.29, 1.82) is 0 Å². The normalized spacial score (nSPS) is 33.1. The predicted molar refractivity (Wildman–Crippen MR) is 73.7 cm³/mol. The number of nitrogens with one attached hydrogen (secondary N) is 1. The minimum Gasteiger partial charge on any atom is -0.388 e. The van der Waals surface area contributed by atoms with E-state index in [-0.39, 0.29) is 17.9 Å². The molecule has 19 heavy (non-hydrogen) atoms. The van der Waals surface area contributed by atoms with Crippen LogP contribution in [0.3, 0.4) is 0 Å². The summed E-state index contributed by atoms with van der Waals surface area (Å²) in [5.74, 6) is -0.0127. The fourth-order valence-corrected chi connectivity index (χ4v) is 2.96. The van der Waals surface area contributed by atoms with Crippen LogP contribution in [0, 0.1) is 11.3 Å². The van der Waals surface area contributed by atoms with Crippen molar-refractivity contribution in [1.82, 2.24) is 5.32 Å². The lowest BCUT2D eigenvalue weighted by molar-refractivity contribution is -0.126. The molecule has 1 amide bonds. The molecule has 0 radical (unpaired) electrons. The van der Waals surface area contributed by atoms with Gasteiger partial charge in [-0.05, 0) is 44.4 Å². The molecule has 1 saturated heterocycles. The van der Waals surface area contributed by atoms with Gasteiger partial charge in [0.15, 0.2) is 0 Å². The van der Waals surface area contributed by atoms with Gasteiger partial charge in [-0.3, -0.25) is 4.79 Å². The fourth-order valence-electron chi connectivity index (χ4n) is 2.96. The molecule has 2 aliphatic rings. The molecule has 4 heteroatoms. The number of ether oxygens (including phenoxy) is 1. The molecule has 2 rings (SSSR count). The zero-order chi connectivity index (χ0) is 14.1. The first-order valence-electron chi connectivity index (χ1n) is 7.41. The zero-order valence-corrected chi connectivity index (χ0v) is 12.4. The van der Waals surface area contributed by atoms with Gasteiger partial charge in [0.25, 0.3) is 0 Å². The molecular weight excluding hydrogens is 242 g/mol. The second kappa shape index (κ2) is 5.41. The van der Waals surface area contributed by atoms with E-state index in [2.05, 4.69) is 19.2 Å². The van der Waals surface area contributed by atoms with Crippen LogP contribution in [-0.4, -0.2) is 35.9 Å². The Morgan fingerprint density at radius 3 is 2.47 bits per heavy atom. The number of carbonyl (C=O) groups is 1. The fraction of sp³-hybridized carbons (Fsp3) is 0.933. The van der Waals surface area contributed by atoms with Gasteiger partial charge >= 0.3 is 0 Å². The third-order valence-corrected chi connectivity index (χ3v) is 4.70. The van der Waals surface area contributed by atoms with Crippen LogP contribution in [0.2, 0.25) is 0 Å². The highest BCUT2D eigenvalue weighted by Crippen LogP contribution is 2.39. The molecule has 2 atom stereocenters. The van der Waals surface area contributed by atoms with E-state index in [0.717, 1.165) is 32.1 Å². The first-order valence-corrected chi connectivity index (χ1v) is 7.41. The molecule has 0 aromatic carbocycles. The van der Waals surface area contributed by atoms with E-state index in [4.69, 9.17) is 4.74 Å². The molecule has 2 N–H and O–H groups in total. The van der Waals surface area contributed by atoms with Gasteiger partial charge in [-0.1, -0.05) is 13.8 Å². The van der Waals surface area contributed by atoms with Crippen LogP contribution in [-0.2, 0) is 9.53 Å². The standard InChI is InChI=1S/C15H27NO3/c1-11-8-12(9-19-11)13(17)16-10-15(18)6-4-14(2,3)5-7-15/h11-12,18H,4-10H2,1-3H3,(H,16,17). The Morgan fingerprint density at radius 1 is 1.32 bits per heavy atom. The molecule has 0 aromatic heterocycles. The van der Waals surface area contributed by atoms with Crippen molar-refractivity contribution in [2.45, 2.75) is 64.6 Å². The highest BCUT2D eigenvalue weighted by atomic mass is 16.5. The van der Waals surface area contributed by atoms with E-state index >= 15 is 0 Å². The van der Waals surface area contributed by atoms with Crippen molar-refractivity contribution in [2.24, 2.45) is 11.3 Å². The van der Waals surface area contributed by atoms with Gasteiger partial charge in [0.2, 0.25) is 5.91 Å². The first kappa shape index (κ1) is 14.8. The summed E-state index contributed by atoms with van der Waals surface area (Å²) < 4.78 is 5.41. The van der Waals surface area contributed by atoms with Crippen LogP contribution in [0.25, 0.3) is 0 Å². The highest BCUT2D eigenvalue weighted by molar-refractivity contribution is 5.79. The van der Waals surface area contributed by atoms with Crippen molar-refractivity contribution in [2.75, 3.05) is 13.2 Å². The maximum absolute atomic E-state index is 12.0. The van der Waals surface area contributed by atoms with Crippen LogP contribution >= 0.6 is 0 Å². The highest BCUT2D eigenvalue weighted by Gasteiger charge is 2.37. The van der Waals surface area contributed by atoms with Gasteiger partial charge in [0.1, 0.15) is 0 Å². The zero-order valence-electron chi connectivity index (χ0n) is 12.4. The summed E-state index contributed by atoms with van der Waals surface area (Å²) in [6.45, 7) is 7.36. The van der Waals surface area contributed by atoms with Crippen LogP contribution in [0.1, 0.15) is 52.9 Å². The van der Waals surface area contributed by atoms with E-state index in [0.29, 0.717) is 18.6 Å². The number of hydrogen-bond acceptors (Lipinski definition) is 3. The molecule has 2 fully saturated rings. The van der Waals surface area contributed by atoms with E-state index in [1.165, 1.54) is 0 Å². The third-order valence-electron chi connectivity index (χ3n) is 4.70. The Balaban J connectivity index is 1.77. The number of amides is 1. The summed E-state index contributed by atoms with van der Waals surface area (Å²) >= 11 is 0. The van der Waals surface area contributed by atoms with Crippen molar-refractivity contribution < 1.29 is 14.6 Å². The number of hydrogen-bond donors (Lipinski definition) is 2. The molecular formula is C15H27NO3. The minimum absolute atomic E-state index is 0.0302. The molecule has 0 bridgehead atoms. The first-order chi connectivity index (χ1) is 8.80. The smallest absolute Gasteiger partial charge is 0.225 e. The van der Waals surface area contributed by atoms with Gasteiger partial charge in [-0.15, -0.1) is 0 Å². The average Bonchev–Trinajstić information content (AvgIpc) is 2.78. The lowest BCUT2D eigenvalue weighted by Crippen LogP contribution is -2.47. The second-order valence-corrected chi connectivity index (χ2v) is 7.18. The lowest BCUT2D eigenvalue weighted by Gasteiger charge is -2.40. The van der Waals surface area contributed by atoms with Gasteiger partial charge in [-0.2, -0.15) is 0 Å². The SMILES string of the molecule is CC1CC(C(=O)NCC2(O)CCC(C)(C)CC2)CO1. The Labute approximate surface area is 115 Å². The maximum atomic E-state index is 12.0. The molecule has 2 unspecified atom stereocenters. The van der Waals surface area contributed by atoms with Crippen LogP contribution in [0.4, 0.5) is 0 Å². The largest absolute Gasteiger partial charge is 0.388 e. The molecule has 1 heterocycles. The van der Waals surface area contributed by atoms with E-state index in [9.17, 15) is 9.90 Å². The summed E-state index contributed by atoms with van der Waals surface area (Å²) in [6.07, 6.45) is 4.55. The van der Waals surface area contributed by atoms with E-state index in [1.54, 1.807) is 0 Å². The maximum Gasteiger partial charge on any atom is 0.225 e. The van der Waals surface area contributed by atoms with Crippen LogP contribution in [0.5, 0.6) is 0 Å². The molecule has 1 saturated carbocycles. The number of aliphatic hydroxyl groups is 1. The van der Waals surface area contributed by atoms with Gasteiger partial charge in [0, 0.05) is 6.54 Å². The Hall–Kier alpha value is -0.610. The topological polar surface area (TPSA) is 58.6 Å². The Kier molecular flexibility index (Phi) is 4.21. The summed E-state index contributed by atoms with van der Waals surface area (Å²) in [6, 6.07) is 0. The minimum atomic E-state index is -0.712. The van der Waals surface area contributed by atoms with Crippen molar-refractivity contribution in [3.05, 3.63) is 0 Å². The van der Waals surface area contributed by atoms with Gasteiger partial charge < -0.3 is 15.2 Å². The molecule has 0 spiro atoms. The number of rotatable bonds is 3. The quantitative estimate of drug-likeness (QED) is 0.822. The van der Waals surface area contributed by atoms with Crippen molar-refractivity contribution in [3.63, 3.8) is 0 Å². The molecule has 110 valence electrons. The monoisotopic (exact) mass is 269 g/mol. The summed E-state index contributed by atoms with van der Waals surface area (Å²) in [7, 11) is 0. The summed E-state index contributed by atoms with van der Waals surface area (Å²) in [4.78, 5) is 12.0. The summed E-state index contributed by atoms with van der Waals surface area (Å²) in [5.41, 5.74) is -0.388. The Bertz CT molecular complexity index is 330. The second-order valence-electron chi connectivity index (χ2n) is 7.18. The molecule has 1 aliphatic carbocycles. The number of carbonyl (C=O) groups excluding carboxylic acids is 1. The third kappa shape index (κ3) is 3.93. The molecule has 4 nitrogen and oxygen atoms in total. The van der Waals surface area contributed by atoms with Gasteiger partial charge in [0.05, 0.1) is 24.2 Å². The van der Waals surface area contributed by atoms with Gasteiger partial charge in [-0.25, -0.2) is 0 Å². The predicted octanol–water partition coefficient (Wildman–Crippen LogP) is 1.86. The van der Waals surface area contributed by atoms with Crippen molar-refractivity contribution >= 4 is 5.91 Å². The summed E-state index contributed by atoms with van der Waals surface area (Å²) in [5, 5.41) is 13.4. The van der Waals surface area contributed by atoms with Crippen molar-refractivity contribution in [3.8, 4) is 0 Å². The van der Waals surface area contributed by atoms with Crippen LogP contribution in [0.15, 0.2) is 0 Å². The lowest BCUT2D eigenvalue weighted by atomic mass is 9.71. The van der Waals surface area contributed by atoms with E-state index < -0.39 is 5.60 Å². The van der Waals surface area contributed by atoms with Crippen LogP contribution < -0.4 is 5.32 Å². The Morgan fingerprint density at radius 2 is 1.95 bits per heavy atom.